The fourth-order valence-corrected chi connectivity index (χ4v) is 3.76. The van der Waals surface area contributed by atoms with E-state index >= 15 is 0 Å². The number of aromatic nitrogens is 1. The molecular formula is C19H23N3O3S. The minimum absolute atomic E-state index is 0.0476. The highest BCUT2D eigenvalue weighted by atomic mass is 32.2. The molecular weight excluding hydrogens is 350 g/mol. The summed E-state index contributed by atoms with van der Waals surface area (Å²) < 4.78 is 4.92. The monoisotopic (exact) mass is 373 g/mol. The standard InChI is InChI=1S/C19H23N3O3S/c1-12-10-17(22-25-12)21-19(24)13(2)26-11-18(23)20-16-9-5-7-14-6-3-4-8-15(14)16/h3-4,6,8,10,13,16H,5,7,9,11H2,1-2H3,(H,20,23)(H,21,22,24)/t13-,16+/m0/s1. The Bertz CT molecular complexity index is 790. The quantitative estimate of drug-likeness (QED) is 0.812. The van der Waals surface area contributed by atoms with Crippen LogP contribution in [0, 0.1) is 6.92 Å². The van der Waals surface area contributed by atoms with Crippen molar-refractivity contribution in [1.82, 2.24) is 10.5 Å². The van der Waals surface area contributed by atoms with E-state index in [9.17, 15) is 9.59 Å². The minimum atomic E-state index is -0.364. The fraction of sp³-hybridized carbons (Fsp3) is 0.421. The second-order valence-corrected chi connectivity index (χ2v) is 7.81. The number of nitrogens with one attached hydrogen (secondary N) is 2. The van der Waals surface area contributed by atoms with Gasteiger partial charge in [0.05, 0.1) is 17.0 Å². The van der Waals surface area contributed by atoms with Crippen LogP contribution in [-0.2, 0) is 16.0 Å². The van der Waals surface area contributed by atoms with E-state index < -0.39 is 0 Å². The van der Waals surface area contributed by atoms with E-state index in [1.807, 2.05) is 12.1 Å². The molecule has 1 aliphatic carbocycles. The van der Waals surface area contributed by atoms with E-state index in [1.165, 1.54) is 22.9 Å². The lowest BCUT2D eigenvalue weighted by Crippen LogP contribution is -2.33. The highest BCUT2D eigenvalue weighted by Gasteiger charge is 2.22. The van der Waals surface area contributed by atoms with Gasteiger partial charge in [-0.1, -0.05) is 29.4 Å². The molecule has 138 valence electrons. The van der Waals surface area contributed by atoms with Crippen molar-refractivity contribution in [3.05, 3.63) is 47.2 Å². The van der Waals surface area contributed by atoms with Gasteiger partial charge in [-0.05, 0) is 44.2 Å². The Hall–Kier alpha value is -2.28. The molecule has 2 N–H and O–H groups in total. The maximum atomic E-state index is 12.3. The summed E-state index contributed by atoms with van der Waals surface area (Å²) >= 11 is 1.31. The first-order chi connectivity index (χ1) is 12.5. The maximum Gasteiger partial charge on any atom is 0.238 e. The van der Waals surface area contributed by atoms with E-state index in [-0.39, 0.29) is 28.9 Å². The van der Waals surface area contributed by atoms with Gasteiger partial charge in [0.15, 0.2) is 5.82 Å². The lowest BCUT2D eigenvalue weighted by molar-refractivity contribution is -0.119. The minimum Gasteiger partial charge on any atom is -0.360 e. The molecule has 0 fully saturated rings. The van der Waals surface area contributed by atoms with Gasteiger partial charge in [-0.15, -0.1) is 11.8 Å². The van der Waals surface area contributed by atoms with Crippen molar-refractivity contribution in [2.24, 2.45) is 0 Å². The molecule has 0 spiro atoms. The highest BCUT2D eigenvalue weighted by Crippen LogP contribution is 2.29. The Kier molecular flexibility index (Phi) is 5.98. The van der Waals surface area contributed by atoms with E-state index in [0.29, 0.717) is 11.6 Å². The van der Waals surface area contributed by atoms with Crippen LogP contribution in [0.25, 0.3) is 0 Å². The number of rotatable bonds is 6. The molecule has 0 saturated carbocycles. The van der Waals surface area contributed by atoms with Crippen molar-refractivity contribution >= 4 is 29.4 Å². The Morgan fingerprint density at radius 2 is 2.19 bits per heavy atom. The lowest BCUT2D eigenvalue weighted by atomic mass is 9.88. The van der Waals surface area contributed by atoms with Gasteiger partial charge >= 0.3 is 0 Å². The fourth-order valence-electron chi connectivity index (χ4n) is 3.07. The van der Waals surface area contributed by atoms with Gasteiger partial charge in [0.2, 0.25) is 11.8 Å². The Labute approximate surface area is 157 Å². The van der Waals surface area contributed by atoms with Crippen LogP contribution in [0.3, 0.4) is 0 Å². The van der Waals surface area contributed by atoms with Crippen LogP contribution >= 0.6 is 11.8 Å². The summed E-state index contributed by atoms with van der Waals surface area (Å²) in [7, 11) is 0. The number of carbonyl (C=O) groups is 2. The molecule has 7 heteroatoms. The summed E-state index contributed by atoms with van der Waals surface area (Å²) in [6, 6.07) is 9.98. The zero-order valence-electron chi connectivity index (χ0n) is 15.0. The summed E-state index contributed by atoms with van der Waals surface area (Å²) in [5, 5.41) is 9.16. The molecule has 1 aliphatic rings. The second-order valence-electron chi connectivity index (χ2n) is 6.48. The smallest absolute Gasteiger partial charge is 0.238 e. The molecule has 3 rings (SSSR count). The normalized spacial score (nSPS) is 17.2. The number of hydrogen-bond donors (Lipinski definition) is 2. The summed E-state index contributed by atoms with van der Waals surface area (Å²) in [4.78, 5) is 24.5. The number of nitrogens with zero attached hydrogens (tertiary/aromatic N) is 1. The number of benzene rings is 1. The van der Waals surface area contributed by atoms with Crippen LogP contribution < -0.4 is 10.6 Å². The summed E-state index contributed by atoms with van der Waals surface area (Å²) in [5.41, 5.74) is 2.52. The van der Waals surface area contributed by atoms with Crippen LogP contribution in [0.15, 0.2) is 34.9 Å². The van der Waals surface area contributed by atoms with E-state index in [1.54, 1.807) is 19.9 Å². The van der Waals surface area contributed by atoms with Gasteiger partial charge in [0.1, 0.15) is 5.76 Å². The van der Waals surface area contributed by atoms with E-state index in [0.717, 1.165) is 19.3 Å². The summed E-state index contributed by atoms with van der Waals surface area (Å²) in [5.74, 6) is 1.02. The molecule has 0 saturated heterocycles. The number of fused-ring (bicyclic) bond motifs is 1. The predicted molar refractivity (Wildman–Crippen MR) is 102 cm³/mol. The van der Waals surface area contributed by atoms with Gasteiger partial charge in [-0.2, -0.15) is 0 Å². The Morgan fingerprint density at radius 1 is 1.38 bits per heavy atom. The molecule has 2 atom stereocenters. The largest absolute Gasteiger partial charge is 0.360 e. The molecule has 26 heavy (non-hydrogen) atoms. The first-order valence-electron chi connectivity index (χ1n) is 8.76. The van der Waals surface area contributed by atoms with Crippen molar-refractivity contribution in [2.45, 2.75) is 44.4 Å². The number of thioether (sulfide) groups is 1. The molecule has 0 unspecified atom stereocenters. The zero-order valence-corrected chi connectivity index (χ0v) is 15.8. The third-order valence-electron chi connectivity index (χ3n) is 4.42. The molecule has 1 aromatic heterocycles. The first kappa shape index (κ1) is 18.5. The van der Waals surface area contributed by atoms with Gasteiger partial charge in [0, 0.05) is 6.07 Å². The third kappa shape index (κ3) is 4.66. The van der Waals surface area contributed by atoms with Crippen molar-refractivity contribution in [3.63, 3.8) is 0 Å². The third-order valence-corrected chi connectivity index (χ3v) is 5.56. The average Bonchev–Trinajstić information content (AvgIpc) is 3.04. The summed E-state index contributed by atoms with van der Waals surface area (Å²) in [6.45, 7) is 3.53. The molecule has 0 aliphatic heterocycles. The molecule has 6 nitrogen and oxygen atoms in total. The number of hydrogen-bond acceptors (Lipinski definition) is 5. The van der Waals surface area contributed by atoms with Crippen LogP contribution in [0.2, 0.25) is 0 Å². The lowest BCUT2D eigenvalue weighted by Gasteiger charge is -2.26. The molecule has 1 aromatic carbocycles. The predicted octanol–water partition coefficient (Wildman–Crippen LogP) is 3.24. The zero-order chi connectivity index (χ0) is 18.5. The number of carbonyl (C=O) groups excluding carboxylic acids is 2. The summed E-state index contributed by atoms with van der Waals surface area (Å²) in [6.07, 6.45) is 3.09. The second kappa shape index (κ2) is 8.40. The van der Waals surface area contributed by atoms with Crippen LogP contribution in [0.5, 0.6) is 0 Å². The number of amides is 2. The molecule has 1 heterocycles. The van der Waals surface area contributed by atoms with Gasteiger partial charge in [0.25, 0.3) is 0 Å². The van der Waals surface area contributed by atoms with Crippen LogP contribution in [-0.4, -0.2) is 28.0 Å². The molecule has 0 bridgehead atoms. The maximum absolute atomic E-state index is 12.3. The molecule has 0 radical (unpaired) electrons. The first-order valence-corrected chi connectivity index (χ1v) is 9.81. The van der Waals surface area contributed by atoms with Crippen molar-refractivity contribution in [2.75, 3.05) is 11.1 Å². The van der Waals surface area contributed by atoms with Gasteiger partial charge in [-0.3, -0.25) is 9.59 Å². The topological polar surface area (TPSA) is 84.2 Å². The average molecular weight is 373 g/mol. The molecule has 2 aromatic rings. The van der Waals surface area contributed by atoms with Gasteiger partial charge < -0.3 is 15.2 Å². The van der Waals surface area contributed by atoms with Gasteiger partial charge in [-0.25, -0.2) is 0 Å². The SMILES string of the molecule is Cc1cc(NC(=O)[C@H](C)SCC(=O)N[C@@H]2CCCc3ccccc32)no1. The molecule has 2 amide bonds. The number of anilines is 1. The van der Waals surface area contributed by atoms with Crippen LogP contribution in [0.1, 0.15) is 42.7 Å². The highest BCUT2D eigenvalue weighted by molar-refractivity contribution is 8.01. The van der Waals surface area contributed by atoms with Crippen molar-refractivity contribution in [1.29, 1.82) is 0 Å². The van der Waals surface area contributed by atoms with Crippen molar-refractivity contribution in [3.8, 4) is 0 Å². The van der Waals surface area contributed by atoms with Crippen molar-refractivity contribution < 1.29 is 14.1 Å². The van der Waals surface area contributed by atoms with Crippen LogP contribution in [0.4, 0.5) is 5.82 Å². The van der Waals surface area contributed by atoms with E-state index in [4.69, 9.17) is 4.52 Å². The van der Waals surface area contributed by atoms with E-state index in [2.05, 4.69) is 27.9 Å². The Balaban J connectivity index is 1.47. The number of aryl methyl sites for hydroxylation is 2. The Morgan fingerprint density at radius 3 is 2.96 bits per heavy atom.